The van der Waals surface area contributed by atoms with E-state index < -0.39 is 5.60 Å². The third-order valence-corrected chi connectivity index (χ3v) is 3.11. The van der Waals surface area contributed by atoms with Crippen LogP contribution in [0.2, 0.25) is 0 Å². The molecule has 1 aliphatic heterocycles. The molecule has 0 saturated carbocycles. The zero-order valence-electron chi connectivity index (χ0n) is 11.5. The van der Waals surface area contributed by atoms with Crippen molar-refractivity contribution in [3.63, 3.8) is 0 Å². The first-order valence-electron chi connectivity index (χ1n) is 6.57. The van der Waals surface area contributed by atoms with Gasteiger partial charge < -0.3 is 10.0 Å². The fourth-order valence-electron chi connectivity index (χ4n) is 2.25. The Hall–Kier alpha value is -0.690. The van der Waals surface area contributed by atoms with Crippen molar-refractivity contribution in [3.8, 4) is 0 Å². The number of β-amino-alcohol motifs (C(OH)–C–C–N with tert-alkyl or cyclic N) is 1. The van der Waals surface area contributed by atoms with Gasteiger partial charge >= 0.3 is 0 Å². The quantitative estimate of drug-likeness (QED) is 0.328. The lowest BCUT2D eigenvalue weighted by Crippen LogP contribution is -2.50. The summed E-state index contributed by atoms with van der Waals surface area (Å²) in [5.74, 6) is 4.92. The summed E-state index contributed by atoms with van der Waals surface area (Å²) in [6, 6.07) is 0. The molecule has 1 aliphatic rings. The summed E-state index contributed by atoms with van der Waals surface area (Å²) in [6.07, 6.45) is 1.33. The van der Waals surface area contributed by atoms with Crippen molar-refractivity contribution in [1.82, 2.24) is 15.2 Å². The molecular weight excluding hydrogens is 232 g/mol. The molecule has 4 N–H and O–H groups in total. The summed E-state index contributed by atoms with van der Waals surface area (Å²) < 4.78 is 0. The monoisotopic (exact) mass is 258 g/mol. The predicted octanol–water partition coefficient (Wildman–Crippen LogP) is -0.855. The Morgan fingerprint density at radius 1 is 1.28 bits per heavy atom. The zero-order chi connectivity index (χ0) is 13.6. The minimum Gasteiger partial charge on any atom is -0.389 e. The molecule has 1 amide bonds. The Balaban J connectivity index is 2.14. The van der Waals surface area contributed by atoms with Crippen LogP contribution in [0.5, 0.6) is 0 Å². The van der Waals surface area contributed by atoms with Crippen LogP contribution in [-0.2, 0) is 4.79 Å². The van der Waals surface area contributed by atoms with Crippen LogP contribution in [0.25, 0.3) is 0 Å². The third kappa shape index (κ3) is 6.30. The minimum atomic E-state index is -0.624. The van der Waals surface area contributed by atoms with Gasteiger partial charge in [-0.1, -0.05) is 0 Å². The Morgan fingerprint density at radius 3 is 2.33 bits per heavy atom. The number of amides is 1. The van der Waals surface area contributed by atoms with E-state index in [4.69, 9.17) is 5.84 Å². The topological polar surface area (TPSA) is 81.8 Å². The largest absolute Gasteiger partial charge is 0.389 e. The smallest absolute Gasteiger partial charge is 0.233 e. The predicted molar refractivity (Wildman–Crippen MR) is 70.7 cm³/mol. The summed E-state index contributed by atoms with van der Waals surface area (Å²) in [7, 11) is 0. The molecule has 1 saturated heterocycles. The molecule has 0 atom stereocenters. The van der Waals surface area contributed by atoms with Gasteiger partial charge in [0.25, 0.3) is 0 Å². The Morgan fingerprint density at radius 2 is 1.83 bits per heavy atom. The highest BCUT2D eigenvalue weighted by atomic mass is 16.3. The van der Waals surface area contributed by atoms with Gasteiger partial charge in [0.15, 0.2) is 0 Å². The van der Waals surface area contributed by atoms with Crippen LogP contribution in [0.4, 0.5) is 0 Å². The van der Waals surface area contributed by atoms with Gasteiger partial charge in [-0.15, -0.1) is 0 Å². The van der Waals surface area contributed by atoms with Crippen molar-refractivity contribution in [2.75, 3.05) is 39.3 Å². The van der Waals surface area contributed by atoms with Crippen LogP contribution in [0.3, 0.4) is 0 Å². The maximum Gasteiger partial charge on any atom is 0.233 e. The number of carbonyl (C=O) groups excluding carboxylic acids is 1. The average molecular weight is 258 g/mol. The highest BCUT2D eigenvalue weighted by molar-refractivity contribution is 5.75. The van der Waals surface area contributed by atoms with Crippen molar-refractivity contribution >= 4 is 5.91 Å². The van der Waals surface area contributed by atoms with Crippen molar-refractivity contribution in [2.45, 2.75) is 32.3 Å². The molecule has 1 heterocycles. The molecule has 6 heteroatoms. The molecule has 0 unspecified atom stereocenters. The van der Waals surface area contributed by atoms with Gasteiger partial charge in [0, 0.05) is 39.1 Å². The summed E-state index contributed by atoms with van der Waals surface area (Å²) in [5, 5.41) is 9.75. The summed E-state index contributed by atoms with van der Waals surface area (Å²) in [6.45, 7) is 9.29. The number of piperazine rings is 1. The molecule has 106 valence electrons. The van der Waals surface area contributed by atoms with E-state index in [1.807, 2.05) is 13.8 Å². The van der Waals surface area contributed by atoms with Gasteiger partial charge in [-0.25, -0.2) is 5.84 Å². The number of nitrogens with one attached hydrogen (secondary N) is 1. The molecule has 0 spiro atoms. The van der Waals surface area contributed by atoms with E-state index in [1.165, 1.54) is 0 Å². The Labute approximate surface area is 109 Å². The summed E-state index contributed by atoms with van der Waals surface area (Å²) >= 11 is 0. The second kappa shape index (κ2) is 7.04. The molecule has 1 rings (SSSR count). The van der Waals surface area contributed by atoms with E-state index in [9.17, 15) is 9.90 Å². The van der Waals surface area contributed by atoms with Crippen molar-refractivity contribution in [2.24, 2.45) is 5.84 Å². The number of hydrazine groups is 1. The van der Waals surface area contributed by atoms with Crippen LogP contribution in [-0.4, -0.2) is 65.7 Å². The van der Waals surface area contributed by atoms with Gasteiger partial charge in [0.05, 0.1) is 5.60 Å². The number of rotatable bonds is 6. The molecule has 0 aromatic carbocycles. The van der Waals surface area contributed by atoms with Gasteiger partial charge in [-0.05, 0) is 26.8 Å². The van der Waals surface area contributed by atoms with Crippen molar-refractivity contribution in [3.05, 3.63) is 0 Å². The zero-order valence-corrected chi connectivity index (χ0v) is 11.5. The van der Waals surface area contributed by atoms with E-state index >= 15 is 0 Å². The molecule has 18 heavy (non-hydrogen) atoms. The first-order valence-corrected chi connectivity index (χ1v) is 6.57. The molecule has 0 aliphatic carbocycles. The second-order valence-corrected chi connectivity index (χ2v) is 5.60. The Bertz CT molecular complexity index is 257. The molecule has 6 nitrogen and oxygen atoms in total. The fraction of sp³-hybridized carbons (Fsp3) is 0.917. The van der Waals surface area contributed by atoms with Gasteiger partial charge in [-0.3, -0.25) is 15.1 Å². The molecule has 0 bridgehead atoms. The fourth-order valence-corrected chi connectivity index (χ4v) is 2.25. The minimum absolute atomic E-state index is 0.101. The Kier molecular flexibility index (Phi) is 6.01. The van der Waals surface area contributed by atoms with Crippen molar-refractivity contribution < 1.29 is 9.90 Å². The third-order valence-electron chi connectivity index (χ3n) is 3.11. The second-order valence-electron chi connectivity index (χ2n) is 5.60. The standard InChI is InChI=1S/C12H26N4O2/c1-12(2,18)10-16-8-6-15(7-9-16)5-3-4-11(17)14-13/h18H,3-10,13H2,1-2H3,(H,14,17). The number of nitrogens with zero attached hydrogens (tertiary/aromatic N) is 2. The van der Waals surface area contributed by atoms with Gasteiger partial charge in [0.1, 0.15) is 0 Å². The van der Waals surface area contributed by atoms with Crippen LogP contribution in [0, 0.1) is 0 Å². The van der Waals surface area contributed by atoms with Crippen LogP contribution >= 0.6 is 0 Å². The van der Waals surface area contributed by atoms with Crippen LogP contribution < -0.4 is 11.3 Å². The molecule has 0 aromatic rings. The molecule has 0 radical (unpaired) electrons. The van der Waals surface area contributed by atoms with E-state index in [-0.39, 0.29) is 5.91 Å². The van der Waals surface area contributed by atoms with Crippen molar-refractivity contribution in [1.29, 1.82) is 0 Å². The number of nitrogens with two attached hydrogens (primary N) is 1. The van der Waals surface area contributed by atoms with Crippen LogP contribution in [0.15, 0.2) is 0 Å². The average Bonchev–Trinajstić information content (AvgIpc) is 2.29. The number of hydrogen-bond donors (Lipinski definition) is 3. The van der Waals surface area contributed by atoms with Gasteiger partial charge in [0.2, 0.25) is 5.91 Å². The first-order chi connectivity index (χ1) is 8.40. The molecular formula is C12H26N4O2. The number of carbonyl (C=O) groups is 1. The highest BCUT2D eigenvalue weighted by Crippen LogP contribution is 2.09. The number of aliphatic hydroxyl groups is 1. The van der Waals surface area contributed by atoms with E-state index in [1.54, 1.807) is 0 Å². The summed E-state index contributed by atoms with van der Waals surface area (Å²) in [5.41, 5.74) is 1.52. The lowest BCUT2D eigenvalue weighted by molar-refractivity contribution is -0.121. The molecule has 0 aromatic heterocycles. The van der Waals surface area contributed by atoms with E-state index in [0.29, 0.717) is 6.42 Å². The van der Waals surface area contributed by atoms with E-state index in [0.717, 1.165) is 45.7 Å². The first kappa shape index (κ1) is 15.4. The van der Waals surface area contributed by atoms with E-state index in [2.05, 4.69) is 15.2 Å². The highest BCUT2D eigenvalue weighted by Gasteiger charge is 2.22. The maximum absolute atomic E-state index is 11.0. The lowest BCUT2D eigenvalue weighted by atomic mass is 10.1. The normalized spacial score (nSPS) is 18.9. The number of hydrogen-bond acceptors (Lipinski definition) is 5. The maximum atomic E-state index is 11.0. The SMILES string of the molecule is CC(C)(O)CN1CCN(CCCC(=O)NN)CC1. The van der Waals surface area contributed by atoms with Crippen LogP contribution in [0.1, 0.15) is 26.7 Å². The van der Waals surface area contributed by atoms with Gasteiger partial charge in [-0.2, -0.15) is 0 Å². The summed E-state index contributed by atoms with van der Waals surface area (Å²) in [4.78, 5) is 15.6. The molecule has 1 fully saturated rings. The lowest BCUT2D eigenvalue weighted by Gasteiger charge is -2.37.